The molecule has 0 aromatic heterocycles. The van der Waals surface area contributed by atoms with Gasteiger partial charge in [-0.3, -0.25) is 0 Å². The largest absolute Gasteiger partial charge is 0.386 e. The van der Waals surface area contributed by atoms with Crippen LogP contribution in [0.1, 0.15) is 23.7 Å². The minimum absolute atomic E-state index is 0.298. The fraction of sp³-hybridized carbons (Fsp3) is 0.600. The number of hydrogen-bond donors (Lipinski definition) is 1. The summed E-state index contributed by atoms with van der Waals surface area (Å²) in [7, 11) is 1.68. The molecular formula is C15H24O4. The molecule has 4 nitrogen and oxygen atoms in total. The molecule has 0 saturated heterocycles. The Hall–Kier alpha value is -0.940. The molecule has 19 heavy (non-hydrogen) atoms. The molecule has 4 heteroatoms. The van der Waals surface area contributed by atoms with Crippen LogP contribution in [0.25, 0.3) is 0 Å². The molecule has 1 aromatic carbocycles. The normalized spacial score (nSPS) is 12.6. The van der Waals surface area contributed by atoms with Crippen molar-refractivity contribution in [1.82, 2.24) is 0 Å². The van der Waals surface area contributed by atoms with E-state index in [0.29, 0.717) is 33.0 Å². The SMILES string of the molecule is COCCCOCCOCC(O)c1ccccc1C. The van der Waals surface area contributed by atoms with Gasteiger partial charge >= 0.3 is 0 Å². The van der Waals surface area contributed by atoms with Crippen LogP contribution in [0.4, 0.5) is 0 Å². The topological polar surface area (TPSA) is 47.9 Å². The number of benzene rings is 1. The summed E-state index contributed by atoms with van der Waals surface area (Å²) in [6.07, 6.45) is 0.317. The van der Waals surface area contributed by atoms with E-state index >= 15 is 0 Å². The van der Waals surface area contributed by atoms with Crippen LogP contribution in [0.15, 0.2) is 24.3 Å². The fourth-order valence-corrected chi connectivity index (χ4v) is 1.77. The number of aliphatic hydroxyl groups is 1. The summed E-state index contributed by atoms with van der Waals surface area (Å²) in [4.78, 5) is 0. The molecule has 1 aromatic rings. The van der Waals surface area contributed by atoms with E-state index in [1.807, 2.05) is 31.2 Å². The van der Waals surface area contributed by atoms with Crippen molar-refractivity contribution >= 4 is 0 Å². The molecule has 0 radical (unpaired) electrons. The van der Waals surface area contributed by atoms with Crippen LogP contribution >= 0.6 is 0 Å². The Kier molecular flexibility index (Phi) is 8.41. The molecule has 1 atom stereocenters. The highest BCUT2D eigenvalue weighted by molar-refractivity contribution is 5.27. The van der Waals surface area contributed by atoms with Crippen LogP contribution in [-0.2, 0) is 14.2 Å². The smallest absolute Gasteiger partial charge is 0.103 e. The molecule has 1 unspecified atom stereocenters. The van der Waals surface area contributed by atoms with Gasteiger partial charge in [-0.25, -0.2) is 0 Å². The average Bonchev–Trinajstić information content (AvgIpc) is 2.42. The van der Waals surface area contributed by atoms with E-state index in [1.165, 1.54) is 0 Å². The van der Waals surface area contributed by atoms with E-state index in [9.17, 15) is 5.11 Å². The minimum atomic E-state index is -0.574. The molecule has 1 N–H and O–H groups in total. The molecule has 0 amide bonds. The third-order valence-corrected chi connectivity index (χ3v) is 2.83. The van der Waals surface area contributed by atoms with Crippen molar-refractivity contribution in [3.05, 3.63) is 35.4 Å². The number of rotatable bonds is 10. The van der Waals surface area contributed by atoms with E-state index in [0.717, 1.165) is 17.5 Å². The highest BCUT2D eigenvalue weighted by Crippen LogP contribution is 2.17. The van der Waals surface area contributed by atoms with E-state index in [-0.39, 0.29) is 0 Å². The fourth-order valence-electron chi connectivity index (χ4n) is 1.77. The monoisotopic (exact) mass is 268 g/mol. The van der Waals surface area contributed by atoms with Crippen molar-refractivity contribution in [1.29, 1.82) is 0 Å². The molecule has 0 spiro atoms. The van der Waals surface area contributed by atoms with E-state index in [4.69, 9.17) is 14.2 Å². The first-order valence-electron chi connectivity index (χ1n) is 6.63. The second kappa shape index (κ2) is 9.92. The molecule has 108 valence electrons. The Bertz CT molecular complexity index is 341. The van der Waals surface area contributed by atoms with Gasteiger partial charge in [-0.2, -0.15) is 0 Å². The van der Waals surface area contributed by atoms with Gasteiger partial charge < -0.3 is 19.3 Å². The van der Waals surface area contributed by atoms with Crippen molar-refractivity contribution in [2.45, 2.75) is 19.4 Å². The zero-order chi connectivity index (χ0) is 13.9. The summed E-state index contributed by atoms with van der Waals surface area (Å²) >= 11 is 0. The average molecular weight is 268 g/mol. The maximum absolute atomic E-state index is 9.99. The molecule has 0 aliphatic heterocycles. The van der Waals surface area contributed by atoms with E-state index in [2.05, 4.69) is 0 Å². The Morgan fingerprint density at radius 1 is 1.05 bits per heavy atom. The quantitative estimate of drug-likeness (QED) is 0.660. The van der Waals surface area contributed by atoms with Gasteiger partial charge in [0.2, 0.25) is 0 Å². The predicted octanol–water partition coefficient (Wildman–Crippen LogP) is 2.10. The summed E-state index contributed by atoms with van der Waals surface area (Å²) < 4.78 is 15.7. The van der Waals surface area contributed by atoms with Crippen molar-refractivity contribution in [2.75, 3.05) is 40.1 Å². The molecule has 0 bridgehead atoms. The van der Waals surface area contributed by atoms with Gasteiger partial charge in [-0.1, -0.05) is 24.3 Å². The van der Waals surface area contributed by atoms with Crippen LogP contribution in [0.3, 0.4) is 0 Å². The molecule has 0 aliphatic carbocycles. The Morgan fingerprint density at radius 3 is 2.53 bits per heavy atom. The molecular weight excluding hydrogens is 244 g/mol. The van der Waals surface area contributed by atoms with Gasteiger partial charge in [-0.05, 0) is 24.5 Å². The van der Waals surface area contributed by atoms with Crippen LogP contribution in [0, 0.1) is 6.92 Å². The Labute approximate surface area is 115 Å². The molecule has 0 aliphatic rings. The standard InChI is InChI=1S/C15H24O4/c1-13-6-3-4-7-14(13)15(16)12-19-11-10-18-9-5-8-17-2/h3-4,6-7,15-16H,5,8-12H2,1-2H3. The highest BCUT2D eigenvalue weighted by atomic mass is 16.5. The van der Waals surface area contributed by atoms with Crippen LogP contribution < -0.4 is 0 Å². The lowest BCUT2D eigenvalue weighted by molar-refractivity contribution is 0.000337. The van der Waals surface area contributed by atoms with E-state index in [1.54, 1.807) is 7.11 Å². The van der Waals surface area contributed by atoms with Gasteiger partial charge in [0, 0.05) is 20.3 Å². The summed E-state index contributed by atoms with van der Waals surface area (Å²) in [6.45, 7) is 4.72. The molecule has 1 rings (SSSR count). The van der Waals surface area contributed by atoms with E-state index < -0.39 is 6.10 Å². The number of hydrogen-bond acceptors (Lipinski definition) is 4. The van der Waals surface area contributed by atoms with Gasteiger partial charge in [0.15, 0.2) is 0 Å². The first kappa shape index (κ1) is 16.1. The minimum Gasteiger partial charge on any atom is -0.386 e. The van der Waals surface area contributed by atoms with Crippen molar-refractivity contribution in [3.8, 4) is 0 Å². The number of aryl methyl sites for hydroxylation is 1. The summed E-state index contributed by atoms with van der Waals surface area (Å²) in [5.74, 6) is 0. The number of ether oxygens (including phenoxy) is 3. The van der Waals surface area contributed by atoms with Crippen molar-refractivity contribution in [2.24, 2.45) is 0 Å². The molecule has 0 heterocycles. The maximum atomic E-state index is 9.99. The van der Waals surface area contributed by atoms with Gasteiger partial charge in [0.1, 0.15) is 6.10 Å². The second-order valence-electron chi connectivity index (χ2n) is 4.41. The number of methoxy groups -OCH3 is 1. The van der Waals surface area contributed by atoms with Gasteiger partial charge in [0.25, 0.3) is 0 Å². The summed E-state index contributed by atoms with van der Waals surface area (Å²) in [6, 6.07) is 7.78. The highest BCUT2D eigenvalue weighted by Gasteiger charge is 2.09. The second-order valence-corrected chi connectivity index (χ2v) is 4.41. The first-order valence-corrected chi connectivity index (χ1v) is 6.63. The van der Waals surface area contributed by atoms with Crippen molar-refractivity contribution in [3.63, 3.8) is 0 Å². The first-order chi connectivity index (χ1) is 9.25. The Morgan fingerprint density at radius 2 is 1.79 bits per heavy atom. The predicted molar refractivity (Wildman–Crippen MR) is 74.3 cm³/mol. The third kappa shape index (κ3) is 6.68. The van der Waals surface area contributed by atoms with Crippen LogP contribution in [-0.4, -0.2) is 45.3 Å². The third-order valence-electron chi connectivity index (χ3n) is 2.83. The maximum Gasteiger partial charge on any atom is 0.103 e. The van der Waals surface area contributed by atoms with Crippen molar-refractivity contribution < 1.29 is 19.3 Å². The lowest BCUT2D eigenvalue weighted by atomic mass is 10.0. The Balaban J connectivity index is 2.08. The van der Waals surface area contributed by atoms with Crippen LogP contribution in [0.2, 0.25) is 0 Å². The zero-order valence-electron chi connectivity index (χ0n) is 11.8. The lowest BCUT2D eigenvalue weighted by Crippen LogP contribution is -2.12. The summed E-state index contributed by atoms with van der Waals surface area (Å²) in [5, 5.41) is 9.99. The van der Waals surface area contributed by atoms with Gasteiger partial charge in [-0.15, -0.1) is 0 Å². The zero-order valence-corrected chi connectivity index (χ0v) is 11.8. The van der Waals surface area contributed by atoms with Gasteiger partial charge in [0.05, 0.1) is 19.8 Å². The molecule has 0 saturated carbocycles. The molecule has 0 fully saturated rings. The van der Waals surface area contributed by atoms with Crippen LogP contribution in [0.5, 0.6) is 0 Å². The number of aliphatic hydroxyl groups excluding tert-OH is 1. The summed E-state index contributed by atoms with van der Waals surface area (Å²) in [5.41, 5.74) is 2.00. The lowest BCUT2D eigenvalue weighted by Gasteiger charge is -2.14.